The molecule has 5 nitrogen and oxygen atoms in total. The standard InChI is InChI=1S/C20H15N3O2S/c24-26(25,17-11-5-2-6-12-17)23(16-9-3-1-4-10-16)20-18-13-7-8-14-19(18)21-15-22-20/h1-15H. The van der Waals surface area contributed by atoms with Crippen molar-refractivity contribution in [2.45, 2.75) is 4.90 Å². The Morgan fingerprint density at radius 2 is 1.31 bits per heavy atom. The number of anilines is 2. The molecule has 26 heavy (non-hydrogen) atoms. The maximum atomic E-state index is 13.4. The smallest absolute Gasteiger partial charge is 0.236 e. The Balaban J connectivity index is 2.01. The van der Waals surface area contributed by atoms with E-state index in [1.54, 1.807) is 54.6 Å². The number of sulfonamides is 1. The normalized spacial score (nSPS) is 11.4. The fourth-order valence-corrected chi connectivity index (χ4v) is 4.27. The van der Waals surface area contributed by atoms with E-state index in [1.807, 2.05) is 30.3 Å². The molecular formula is C20H15N3O2S. The van der Waals surface area contributed by atoms with Crippen LogP contribution in [0.25, 0.3) is 10.9 Å². The Bertz CT molecular complexity index is 1140. The van der Waals surface area contributed by atoms with Gasteiger partial charge in [-0.15, -0.1) is 0 Å². The van der Waals surface area contributed by atoms with Crippen molar-refractivity contribution in [3.63, 3.8) is 0 Å². The Labute approximate surface area is 151 Å². The van der Waals surface area contributed by atoms with Crippen molar-refractivity contribution in [2.75, 3.05) is 4.31 Å². The summed E-state index contributed by atoms with van der Waals surface area (Å²) in [4.78, 5) is 8.75. The van der Waals surface area contributed by atoms with E-state index in [4.69, 9.17) is 0 Å². The van der Waals surface area contributed by atoms with Gasteiger partial charge in [0.15, 0.2) is 5.82 Å². The van der Waals surface area contributed by atoms with Crippen molar-refractivity contribution in [1.82, 2.24) is 9.97 Å². The van der Waals surface area contributed by atoms with Crippen LogP contribution in [0.3, 0.4) is 0 Å². The fourth-order valence-electron chi connectivity index (χ4n) is 2.79. The number of aromatic nitrogens is 2. The van der Waals surface area contributed by atoms with E-state index in [0.29, 0.717) is 22.4 Å². The third-order valence-corrected chi connectivity index (χ3v) is 5.72. The number of rotatable bonds is 4. The van der Waals surface area contributed by atoms with Gasteiger partial charge in [-0.1, -0.05) is 48.5 Å². The molecule has 3 aromatic carbocycles. The number of hydrogen-bond donors (Lipinski definition) is 0. The Hall–Kier alpha value is -3.25. The predicted octanol–water partition coefficient (Wildman–Crippen LogP) is 4.16. The summed E-state index contributed by atoms with van der Waals surface area (Å²) in [5.74, 6) is 0.325. The van der Waals surface area contributed by atoms with E-state index in [1.165, 1.54) is 10.6 Å². The van der Waals surface area contributed by atoms with E-state index in [2.05, 4.69) is 9.97 Å². The molecule has 4 rings (SSSR count). The molecule has 0 saturated heterocycles. The molecule has 6 heteroatoms. The molecule has 0 fully saturated rings. The first kappa shape index (κ1) is 16.2. The van der Waals surface area contributed by atoms with Gasteiger partial charge in [-0.2, -0.15) is 0 Å². The van der Waals surface area contributed by atoms with E-state index < -0.39 is 10.0 Å². The van der Waals surface area contributed by atoms with Crippen LogP contribution < -0.4 is 4.31 Å². The van der Waals surface area contributed by atoms with Gasteiger partial charge >= 0.3 is 0 Å². The lowest BCUT2D eigenvalue weighted by Crippen LogP contribution is -2.27. The number of fused-ring (bicyclic) bond motifs is 1. The topological polar surface area (TPSA) is 63.2 Å². The molecule has 0 saturated carbocycles. The molecule has 0 aliphatic heterocycles. The van der Waals surface area contributed by atoms with E-state index in [0.717, 1.165) is 0 Å². The molecule has 0 bridgehead atoms. The van der Waals surface area contributed by atoms with Gasteiger partial charge in [-0.05, 0) is 36.4 Å². The third kappa shape index (κ3) is 2.80. The summed E-state index contributed by atoms with van der Waals surface area (Å²) in [5.41, 5.74) is 1.20. The zero-order valence-electron chi connectivity index (χ0n) is 13.7. The van der Waals surface area contributed by atoms with Crippen molar-refractivity contribution in [3.8, 4) is 0 Å². The number of benzene rings is 3. The molecule has 0 aliphatic carbocycles. The summed E-state index contributed by atoms with van der Waals surface area (Å²) in [6, 6.07) is 24.6. The van der Waals surface area contributed by atoms with Crippen LogP contribution in [0.15, 0.2) is 96.2 Å². The number of nitrogens with zero attached hydrogens (tertiary/aromatic N) is 3. The zero-order valence-corrected chi connectivity index (χ0v) is 14.5. The lowest BCUT2D eigenvalue weighted by molar-refractivity contribution is 0.596. The SMILES string of the molecule is O=S(=O)(c1ccccc1)N(c1ccccc1)c1ncnc2ccccc12. The highest BCUT2D eigenvalue weighted by atomic mass is 32.2. The molecule has 0 aliphatic rings. The minimum atomic E-state index is -3.86. The highest BCUT2D eigenvalue weighted by Crippen LogP contribution is 2.34. The predicted molar refractivity (Wildman–Crippen MR) is 102 cm³/mol. The summed E-state index contributed by atoms with van der Waals surface area (Å²) in [7, 11) is -3.86. The third-order valence-electron chi connectivity index (χ3n) is 3.99. The molecule has 128 valence electrons. The second-order valence-electron chi connectivity index (χ2n) is 5.63. The average Bonchev–Trinajstić information content (AvgIpc) is 2.70. The highest BCUT2D eigenvalue weighted by Gasteiger charge is 2.29. The van der Waals surface area contributed by atoms with Crippen LogP contribution >= 0.6 is 0 Å². The van der Waals surface area contributed by atoms with Gasteiger partial charge in [0.05, 0.1) is 16.1 Å². The molecule has 1 aromatic heterocycles. The molecule has 0 unspecified atom stereocenters. The van der Waals surface area contributed by atoms with Crippen LogP contribution in [0, 0.1) is 0 Å². The summed E-state index contributed by atoms with van der Waals surface area (Å²) in [5, 5.41) is 0.665. The quantitative estimate of drug-likeness (QED) is 0.548. The van der Waals surface area contributed by atoms with Gasteiger partial charge in [0, 0.05) is 5.39 Å². The maximum Gasteiger partial charge on any atom is 0.269 e. The van der Waals surface area contributed by atoms with Crippen molar-refractivity contribution in [1.29, 1.82) is 0 Å². The first-order chi connectivity index (χ1) is 12.7. The van der Waals surface area contributed by atoms with Crippen LogP contribution in [0.2, 0.25) is 0 Å². The van der Waals surface area contributed by atoms with Gasteiger partial charge in [-0.3, -0.25) is 0 Å². The van der Waals surface area contributed by atoms with Gasteiger partial charge < -0.3 is 0 Å². The average molecular weight is 361 g/mol. The van der Waals surface area contributed by atoms with Crippen LogP contribution in [-0.4, -0.2) is 18.4 Å². The molecule has 1 heterocycles. The molecule has 0 atom stereocenters. The lowest BCUT2D eigenvalue weighted by atomic mass is 10.2. The molecule has 0 amide bonds. The van der Waals surface area contributed by atoms with Gasteiger partial charge in [-0.25, -0.2) is 22.7 Å². The minimum Gasteiger partial charge on any atom is -0.236 e. The molecular weight excluding hydrogens is 346 g/mol. The van der Waals surface area contributed by atoms with Crippen molar-refractivity contribution in [3.05, 3.63) is 91.3 Å². The fraction of sp³-hybridized carbons (Fsp3) is 0. The Morgan fingerprint density at radius 1 is 0.692 bits per heavy atom. The van der Waals surface area contributed by atoms with E-state index in [-0.39, 0.29) is 4.90 Å². The molecule has 0 spiro atoms. The molecule has 0 radical (unpaired) electrons. The first-order valence-electron chi connectivity index (χ1n) is 8.03. The minimum absolute atomic E-state index is 0.201. The molecule has 4 aromatic rings. The Morgan fingerprint density at radius 3 is 2.04 bits per heavy atom. The van der Waals surface area contributed by atoms with Crippen molar-refractivity contribution in [2.24, 2.45) is 0 Å². The zero-order chi connectivity index (χ0) is 18.0. The highest BCUT2D eigenvalue weighted by molar-refractivity contribution is 7.93. The monoisotopic (exact) mass is 361 g/mol. The van der Waals surface area contributed by atoms with E-state index in [9.17, 15) is 8.42 Å². The van der Waals surface area contributed by atoms with E-state index >= 15 is 0 Å². The van der Waals surface area contributed by atoms with Gasteiger partial charge in [0.1, 0.15) is 6.33 Å². The maximum absolute atomic E-state index is 13.4. The van der Waals surface area contributed by atoms with Gasteiger partial charge in [0.2, 0.25) is 0 Å². The summed E-state index contributed by atoms with van der Waals surface area (Å²) in [6.07, 6.45) is 1.38. The van der Waals surface area contributed by atoms with Crippen molar-refractivity contribution < 1.29 is 8.42 Å². The van der Waals surface area contributed by atoms with Crippen LogP contribution in [0.1, 0.15) is 0 Å². The largest absolute Gasteiger partial charge is 0.269 e. The number of para-hydroxylation sites is 2. The second kappa shape index (κ2) is 6.57. The lowest BCUT2D eigenvalue weighted by Gasteiger charge is -2.24. The second-order valence-corrected chi connectivity index (χ2v) is 7.42. The van der Waals surface area contributed by atoms with Crippen LogP contribution in [-0.2, 0) is 10.0 Å². The number of hydrogen-bond acceptors (Lipinski definition) is 4. The molecule has 0 N–H and O–H groups in total. The Kier molecular flexibility index (Phi) is 4.10. The van der Waals surface area contributed by atoms with Crippen LogP contribution in [0.4, 0.5) is 11.5 Å². The summed E-state index contributed by atoms with van der Waals surface area (Å²) >= 11 is 0. The van der Waals surface area contributed by atoms with Crippen molar-refractivity contribution >= 4 is 32.4 Å². The van der Waals surface area contributed by atoms with Crippen LogP contribution in [0.5, 0.6) is 0 Å². The summed E-state index contributed by atoms with van der Waals surface area (Å²) in [6.45, 7) is 0. The first-order valence-corrected chi connectivity index (χ1v) is 9.47. The summed E-state index contributed by atoms with van der Waals surface area (Å²) < 4.78 is 28.2. The van der Waals surface area contributed by atoms with Gasteiger partial charge in [0.25, 0.3) is 10.0 Å².